The van der Waals surface area contributed by atoms with E-state index in [4.69, 9.17) is 4.74 Å². The van der Waals surface area contributed by atoms with E-state index < -0.39 is 0 Å². The van der Waals surface area contributed by atoms with Gasteiger partial charge in [0.25, 0.3) is 0 Å². The Hall–Kier alpha value is -1.57. The van der Waals surface area contributed by atoms with E-state index in [2.05, 4.69) is 6.08 Å². The number of ether oxygens (including phenoxy) is 1. The highest BCUT2D eigenvalue weighted by Gasteiger charge is 2.11. The fourth-order valence-electron chi connectivity index (χ4n) is 1.50. The summed E-state index contributed by atoms with van der Waals surface area (Å²) < 4.78 is 5.07. The summed E-state index contributed by atoms with van der Waals surface area (Å²) in [6, 6.07) is 5.77. The molecule has 13 heavy (non-hydrogen) atoms. The number of allylic oxidation sites excluding steroid dienone is 1. The number of rotatable bonds is 1. The molecule has 0 radical (unpaired) electrons. The summed E-state index contributed by atoms with van der Waals surface area (Å²) in [5, 5.41) is 0. The first kappa shape index (κ1) is 8.05. The van der Waals surface area contributed by atoms with Gasteiger partial charge in [0.15, 0.2) is 0 Å². The lowest BCUT2D eigenvalue weighted by molar-refractivity contribution is -0.131. The number of hydrogen-bond donors (Lipinski definition) is 0. The molecule has 0 saturated carbocycles. The summed E-state index contributed by atoms with van der Waals surface area (Å²) in [6.45, 7) is 1.41. The summed E-state index contributed by atoms with van der Waals surface area (Å²) in [4.78, 5) is 10.8. The molecule has 2 nitrogen and oxygen atoms in total. The maximum atomic E-state index is 10.8. The van der Waals surface area contributed by atoms with Gasteiger partial charge in [-0.25, -0.2) is 0 Å². The van der Waals surface area contributed by atoms with Gasteiger partial charge in [-0.3, -0.25) is 4.79 Å². The first-order chi connectivity index (χ1) is 6.27. The highest BCUT2D eigenvalue weighted by atomic mass is 16.5. The highest BCUT2D eigenvalue weighted by molar-refractivity contribution is 5.74. The molecule has 66 valence electrons. The molecule has 0 N–H and O–H groups in total. The normalized spacial score (nSPS) is 12.7. The van der Waals surface area contributed by atoms with Crippen LogP contribution >= 0.6 is 0 Å². The van der Waals surface area contributed by atoms with Crippen LogP contribution in [0.25, 0.3) is 6.08 Å². The van der Waals surface area contributed by atoms with E-state index in [0.717, 1.165) is 12.0 Å². The predicted octanol–water partition coefficient (Wildman–Crippen LogP) is 2.18. The second-order valence-corrected chi connectivity index (χ2v) is 3.03. The van der Waals surface area contributed by atoms with Crippen molar-refractivity contribution in [1.29, 1.82) is 0 Å². The maximum Gasteiger partial charge on any atom is 0.308 e. The smallest absolute Gasteiger partial charge is 0.308 e. The average molecular weight is 174 g/mol. The molecule has 0 heterocycles. The second-order valence-electron chi connectivity index (χ2n) is 3.03. The van der Waals surface area contributed by atoms with Crippen LogP contribution < -0.4 is 4.74 Å². The largest absolute Gasteiger partial charge is 0.426 e. The zero-order valence-electron chi connectivity index (χ0n) is 7.41. The summed E-state index contributed by atoms with van der Waals surface area (Å²) in [5.74, 6) is 0.396. The Kier molecular flexibility index (Phi) is 1.89. The first-order valence-corrected chi connectivity index (χ1v) is 4.24. The topological polar surface area (TPSA) is 26.3 Å². The van der Waals surface area contributed by atoms with E-state index in [0.29, 0.717) is 5.75 Å². The molecule has 1 aliphatic rings. The van der Waals surface area contributed by atoms with Crippen molar-refractivity contribution in [2.45, 2.75) is 13.3 Å². The van der Waals surface area contributed by atoms with Gasteiger partial charge in [-0.05, 0) is 18.1 Å². The molecule has 1 aromatic rings. The van der Waals surface area contributed by atoms with Crippen LogP contribution in [0.2, 0.25) is 0 Å². The molecule has 0 unspecified atom stereocenters. The van der Waals surface area contributed by atoms with Crippen molar-refractivity contribution < 1.29 is 9.53 Å². The Labute approximate surface area is 76.8 Å². The summed E-state index contributed by atoms with van der Waals surface area (Å²) >= 11 is 0. The molecule has 0 amide bonds. The van der Waals surface area contributed by atoms with Crippen LogP contribution in [-0.4, -0.2) is 5.97 Å². The van der Waals surface area contributed by atoms with E-state index in [-0.39, 0.29) is 5.97 Å². The summed E-state index contributed by atoms with van der Waals surface area (Å²) in [6.07, 6.45) is 5.00. The fraction of sp³-hybridized carbons (Fsp3) is 0.182. The minimum Gasteiger partial charge on any atom is -0.426 e. The van der Waals surface area contributed by atoms with Gasteiger partial charge >= 0.3 is 5.97 Å². The molecule has 0 saturated heterocycles. The van der Waals surface area contributed by atoms with Crippen LogP contribution in [0.15, 0.2) is 24.3 Å². The molecule has 2 rings (SSSR count). The molecule has 0 spiro atoms. The number of carbonyl (C=O) groups is 1. The molecular formula is C11H10O2. The summed E-state index contributed by atoms with van der Waals surface area (Å²) in [5.41, 5.74) is 2.26. The van der Waals surface area contributed by atoms with Gasteiger partial charge in [0.1, 0.15) is 5.75 Å². The zero-order chi connectivity index (χ0) is 9.26. The number of fused-ring (bicyclic) bond motifs is 1. The maximum absolute atomic E-state index is 10.8. The van der Waals surface area contributed by atoms with Gasteiger partial charge in [-0.2, -0.15) is 0 Å². The van der Waals surface area contributed by atoms with Crippen LogP contribution in [0.1, 0.15) is 18.1 Å². The third-order valence-electron chi connectivity index (χ3n) is 2.03. The number of hydrogen-bond acceptors (Lipinski definition) is 2. The lowest BCUT2D eigenvalue weighted by atomic mass is 10.1. The van der Waals surface area contributed by atoms with E-state index in [1.807, 2.05) is 24.3 Å². The third-order valence-corrected chi connectivity index (χ3v) is 2.03. The van der Waals surface area contributed by atoms with Crippen LogP contribution in [0.4, 0.5) is 0 Å². The minimum absolute atomic E-state index is 0.270. The van der Waals surface area contributed by atoms with Gasteiger partial charge in [0, 0.05) is 12.5 Å². The van der Waals surface area contributed by atoms with Crippen molar-refractivity contribution >= 4 is 12.0 Å². The lowest BCUT2D eigenvalue weighted by Crippen LogP contribution is -2.02. The molecule has 2 heteroatoms. The van der Waals surface area contributed by atoms with Gasteiger partial charge in [0.2, 0.25) is 0 Å². The molecule has 0 bridgehead atoms. The van der Waals surface area contributed by atoms with Crippen molar-refractivity contribution in [2.75, 3.05) is 0 Å². The van der Waals surface area contributed by atoms with Crippen LogP contribution in [0, 0.1) is 0 Å². The van der Waals surface area contributed by atoms with E-state index in [1.54, 1.807) is 0 Å². The van der Waals surface area contributed by atoms with Crippen LogP contribution in [-0.2, 0) is 11.2 Å². The van der Waals surface area contributed by atoms with Gasteiger partial charge in [0.05, 0.1) is 0 Å². The number of benzene rings is 1. The first-order valence-electron chi connectivity index (χ1n) is 4.24. The zero-order valence-corrected chi connectivity index (χ0v) is 7.41. The molecule has 0 aliphatic heterocycles. The quantitative estimate of drug-likeness (QED) is 0.482. The number of esters is 1. The third kappa shape index (κ3) is 1.47. The Balaban J connectivity index is 2.41. The molecule has 0 fully saturated rings. The average Bonchev–Trinajstić information content (AvgIpc) is 2.51. The Bertz CT molecular complexity index is 378. The van der Waals surface area contributed by atoms with Crippen molar-refractivity contribution in [3.05, 3.63) is 35.4 Å². The SMILES string of the molecule is CC(=O)Oc1cccc2c1C=CC2. The van der Waals surface area contributed by atoms with Gasteiger partial charge < -0.3 is 4.74 Å². The fourth-order valence-corrected chi connectivity index (χ4v) is 1.50. The van der Waals surface area contributed by atoms with Gasteiger partial charge in [-0.15, -0.1) is 0 Å². The summed E-state index contributed by atoms with van der Waals surface area (Å²) in [7, 11) is 0. The molecule has 1 aliphatic carbocycles. The molecule has 0 aromatic heterocycles. The second kappa shape index (κ2) is 3.05. The Morgan fingerprint density at radius 3 is 3.08 bits per heavy atom. The van der Waals surface area contributed by atoms with E-state index in [1.165, 1.54) is 12.5 Å². The monoisotopic (exact) mass is 174 g/mol. The van der Waals surface area contributed by atoms with E-state index in [9.17, 15) is 4.79 Å². The van der Waals surface area contributed by atoms with Gasteiger partial charge in [-0.1, -0.05) is 24.3 Å². The van der Waals surface area contributed by atoms with Crippen molar-refractivity contribution in [2.24, 2.45) is 0 Å². The molecule has 1 aromatic carbocycles. The standard InChI is InChI=1S/C11H10O2/c1-8(12)13-11-7-3-5-9-4-2-6-10(9)11/h2-3,5-7H,4H2,1H3. The number of carbonyl (C=O) groups excluding carboxylic acids is 1. The van der Waals surface area contributed by atoms with Crippen LogP contribution in [0.3, 0.4) is 0 Å². The van der Waals surface area contributed by atoms with Crippen molar-refractivity contribution in [1.82, 2.24) is 0 Å². The van der Waals surface area contributed by atoms with Crippen molar-refractivity contribution in [3.63, 3.8) is 0 Å². The Morgan fingerprint density at radius 2 is 2.31 bits per heavy atom. The predicted molar refractivity (Wildman–Crippen MR) is 50.5 cm³/mol. The van der Waals surface area contributed by atoms with Crippen LogP contribution in [0.5, 0.6) is 5.75 Å². The minimum atomic E-state index is -0.270. The molecular weight excluding hydrogens is 164 g/mol. The molecule has 0 atom stereocenters. The van der Waals surface area contributed by atoms with E-state index >= 15 is 0 Å². The van der Waals surface area contributed by atoms with Crippen molar-refractivity contribution in [3.8, 4) is 5.75 Å². The Morgan fingerprint density at radius 1 is 1.46 bits per heavy atom. The highest BCUT2D eigenvalue weighted by Crippen LogP contribution is 2.28. The lowest BCUT2D eigenvalue weighted by Gasteiger charge is -2.05.